The molecule has 0 spiro atoms. The van der Waals surface area contributed by atoms with Crippen molar-refractivity contribution in [3.05, 3.63) is 29.3 Å². The molecule has 0 aliphatic carbocycles. The van der Waals surface area contributed by atoms with E-state index in [0.29, 0.717) is 5.69 Å². The number of benzene rings is 1. The van der Waals surface area contributed by atoms with Crippen LogP contribution in [0, 0.1) is 13.8 Å². The average Bonchev–Trinajstić information content (AvgIpc) is 2.62. The highest BCUT2D eigenvalue weighted by molar-refractivity contribution is 6.09. The van der Waals surface area contributed by atoms with E-state index in [1.54, 1.807) is 11.9 Å². The number of likely N-dealkylation sites (N-methyl/N-ethyl adjacent to an activating group) is 1. The number of carbonyl (C=O) groups excluding carboxylic acids is 2. The maximum absolute atomic E-state index is 11.7. The minimum Gasteiger partial charge on any atom is -0.336 e. The maximum Gasteiger partial charge on any atom is 0.348 e. The Morgan fingerprint density at radius 3 is 2.68 bits per heavy atom. The number of rotatable bonds is 1. The smallest absolute Gasteiger partial charge is 0.336 e. The quantitative estimate of drug-likeness (QED) is 0.798. The Balaban J connectivity index is 2.07. The van der Waals surface area contributed by atoms with Gasteiger partial charge in [-0.05, 0) is 37.1 Å². The third kappa shape index (κ3) is 3.09. The molecular weight excluding hydrogens is 244 g/mol. The molecule has 3 amide bonds. The number of aryl methyl sites for hydroxylation is 2. The van der Waals surface area contributed by atoms with Crippen LogP contribution in [0.1, 0.15) is 11.1 Å². The number of carbonyl (C=O) groups is 2. The minimum absolute atomic E-state index is 0.166. The number of urea groups is 1. The lowest BCUT2D eigenvalue weighted by molar-refractivity contribution is -0.118. The fraction of sp³-hybridized carbons (Fsp3) is 0.308. The zero-order valence-electron chi connectivity index (χ0n) is 11.2. The van der Waals surface area contributed by atoms with Crippen molar-refractivity contribution in [3.63, 3.8) is 0 Å². The van der Waals surface area contributed by atoms with Gasteiger partial charge >= 0.3 is 6.03 Å². The molecule has 2 N–H and O–H groups in total. The fourth-order valence-corrected chi connectivity index (χ4v) is 1.73. The van der Waals surface area contributed by atoms with Crippen molar-refractivity contribution in [2.24, 2.45) is 4.99 Å². The van der Waals surface area contributed by atoms with Crippen LogP contribution in [0.2, 0.25) is 0 Å². The number of nitrogens with zero attached hydrogens (tertiary/aromatic N) is 2. The van der Waals surface area contributed by atoms with Crippen LogP contribution in [0.15, 0.2) is 23.2 Å². The molecule has 6 heteroatoms. The summed E-state index contributed by atoms with van der Waals surface area (Å²) in [5, 5.41) is 5.18. The molecule has 1 aliphatic heterocycles. The molecule has 0 radical (unpaired) electrons. The number of hydrogen-bond acceptors (Lipinski definition) is 2. The normalized spacial score (nSPS) is 16.7. The highest BCUT2D eigenvalue weighted by atomic mass is 16.2. The molecule has 0 saturated carbocycles. The van der Waals surface area contributed by atoms with Gasteiger partial charge in [-0.3, -0.25) is 10.1 Å². The summed E-state index contributed by atoms with van der Waals surface area (Å²) in [6.07, 6.45) is 0. The predicted molar refractivity (Wildman–Crippen MR) is 73.1 cm³/mol. The number of anilines is 1. The summed E-state index contributed by atoms with van der Waals surface area (Å²) in [7, 11) is 1.69. The third-order valence-electron chi connectivity index (χ3n) is 2.96. The number of aliphatic imine (C=N–C) groups is 1. The molecule has 6 nitrogen and oxygen atoms in total. The summed E-state index contributed by atoms with van der Waals surface area (Å²) < 4.78 is 0. The molecule has 2 rings (SSSR count). The average molecular weight is 260 g/mol. The largest absolute Gasteiger partial charge is 0.348 e. The van der Waals surface area contributed by atoms with E-state index in [9.17, 15) is 9.59 Å². The highest BCUT2D eigenvalue weighted by Crippen LogP contribution is 2.14. The zero-order chi connectivity index (χ0) is 14.0. The molecule has 1 aliphatic rings. The molecule has 1 fully saturated rings. The molecule has 1 aromatic rings. The van der Waals surface area contributed by atoms with Gasteiger partial charge in [0, 0.05) is 12.7 Å². The Kier molecular flexibility index (Phi) is 3.50. The molecule has 0 atom stereocenters. The third-order valence-corrected chi connectivity index (χ3v) is 2.96. The Morgan fingerprint density at radius 1 is 1.37 bits per heavy atom. The van der Waals surface area contributed by atoms with Gasteiger partial charge in [0.2, 0.25) is 11.9 Å². The Labute approximate surface area is 111 Å². The maximum atomic E-state index is 11.7. The number of hydrogen-bond donors (Lipinski definition) is 2. The SMILES string of the molecule is Cc1ccc(NC(=O)N=C2NC(=O)CN2C)cc1C. The van der Waals surface area contributed by atoms with Crippen LogP contribution in [0.4, 0.5) is 10.5 Å². The first kappa shape index (κ1) is 13.1. The first-order chi connectivity index (χ1) is 8.95. The van der Waals surface area contributed by atoms with Crippen LogP contribution in [0.25, 0.3) is 0 Å². The molecule has 0 bridgehead atoms. The van der Waals surface area contributed by atoms with Crippen LogP contribution in [-0.4, -0.2) is 36.4 Å². The van der Waals surface area contributed by atoms with E-state index < -0.39 is 6.03 Å². The molecular formula is C13H16N4O2. The summed E-state index contributed by atoms with van der Waals surface area (Å²) in [5.41, 5.74) is 2.94. The lowest BCUT2D eigenvalue weighted by atomic mass is 10.1. The predicted octanol–water partition coefficient (Wildman–Crippen LogP) is 1.25. The van der Waals surface area contributed by atoms with E-state index in [2.05, 4.69) is 15.6 Å². The second-order valence-corrected chi connectivity index (χ2v) is 4.57. The molecule has 0 unspecified atom stereocenters. The highest BCUT2D eigenvalue weighted by Gasteiger charge is 2.22. The van der Waals surface area contributed by atoms with Crippen LogP contribution in [0.5, 0.6) is 0 Å². The molecule has 1 heterocycles. The second kappa shape index (κ2) is 5.09. The first-order valence-corrected chi connectivity index (χ1v) is 5.93. The van der Waals surface area contributed by atoms with Crippen molar-refractivity contribution >= 4 is 23.6 Å². The summed E-state index contributed by atoms with van der Waals surface area (Å²) in [4.78, 5) is 28.3. The van der Waals surface area contributed by atoms with Gasteiger partial charge in [0.1, 0.15) is 0 Å². The summed E-state index contributed by atoms with van der Waals surface area (Å²) in [6, 6.07) is 5.12. The van der Waals surface area contributed by atoms with Gasteiger partial charge in [0.05, 0.1) is 6.54 Å². The van der Waals surface area contributed by atoms with Crippen LogP contribution >= 0.6 is 0 Å². The van der Waals surface area contributed by atoms with E-state index in [0.717, 1.165) is 11.1 Å². The summed E-state index contributed by atoms with van der Waals surface area (Å²) in [5.74, 6) is 0.103. The lowest BCUT2D eigenvalue weighted by Crippen LogP contribution is -2.29. The zero-order valence-corrected chi connectivity index (χ0v) is 11.2. The molecule has 19 heavy (non-hydrogen) atoms. The van der Waals surface area contributed by atoms with E-state index in [1.807, 2.05) is 32.0 Å². The van der Waals surface area contributed by atoms with Crippen LogP contribution in [-0.2, 0) is 4.79 Å². The van der Waals surface area contributed by atoms with Gasteiger partial charge < -0.3 is 10.2 Å². The van der Waals surface area contributed by atoms with Crippen molar-refractivity contribution in [2.75, 3.05) is 18.9 Å². The van der Waals surface area contributed by atoms with Crippen molar-refractivity contribution < 1.29 is 9.59 Å². The van der Waals surface area contributed by atoms with Crippen molar-refractivity contribution in [1.82, 2.24) is 10.2 Å². The summed E-state index contributed by atoms with van der Waals surface area (Å²) >= 11 is 0. The van der Waals surface area contributed by atoms with Crippen molar-refractivity contribution in [1.29, 1.82) is 0 Å². The van der Waals surface area contributed by atoms with E-state index in [1.165, 1.54) is 0 Å². The standard InChI is InChI=1S/C13H16N4O2/c1-8-4-5-10(6-9(8)2)14-13(19)16-12-15-11(18)7-17(12)3/h4-6H,7H2,1-3H3,(H2,14,15,16,18,19). The van der Waals surface area contributed by atoms with Gasteiger partial charge in [-0.25, -0.2) is 4.79 Å². The van der Waals surface area contributed by atoms with Crippen molar-refractivity contribution in [2.45, 2.75) is 13.8 Å². The molecule has 100 valence electrons. The minimum atomic E-state index is -0.507. The van der Waals surface area contributed by atoms with Crippen LogP contribution in [0.3, 0.4) is 0 Å². The number of guanidine groups is 1. The van der Waals surface area contributed by atoms with E-state index >= 15 is 0 Å². The Morgan fingerprint density at radius 2 is 2.11 bits per heavy atom. The second-order valence-electron chi connectivity index (χ2n) is 4.57. The Bertz CT molecular complexity index is 566. The fourth-order valence-electron chi connectivity index (χ4n) is 1.73. The van der Waals surface area contributed by atoms with E-state index in [4.69, 9.17) is 0 Å². The monoisotopic (exact) mass is 260 g/mol. The van der Waals surface area contributed by atoms with Gasteiger partial charge in [0.25, 0.3) is 0 Å². The lowest BCUT2D eigenvalue weighted by Gasteiger charge is -2.09. The van der Waals surface area contributed by atoms with Gasteiger partial charge in [-0.2, -0.15) is 4.99 Å². The first-order valence-electron chi connectivity index (χ1n) is 5.93. The number of nitrogens with one attached hydrogen (secondary N) is 2. The molecule has 1 aromatic carbocycles. The van der Waals surface area contributed by atoms with Crippen molar-refractivity contribution in [3.8, 4) is 0 Å². The molecule has 1 saturated heterocycles. The van der Waals surface area contributed by atoms with Gasteiger partial charge in [-0.1, -0.05) is 6.07 Å². The van der Waals surface area contributed by atoms with E-state index in [-0.39, 0.29) is 18.4 Å². The van der Waals surface area contributed by atoms with Gasteiger partial charge in [0.15, 0.2) is 0 Å². The summed E-state index contributed by atoms with van der Waals surface area (Å²) in [6.45, 7) is 4.20. The number of amides is 3. The van der Waals surface area contributed by atoms with Gasteiger partial charge in [-0.15, -0.1) is 0 Å². The Hall–Kier alpha value is -2.37. The molecule has 0 aromatic heterocycles. The topological polar surface area (TPSA) is 73.8 Å². The van der Waals surface area contributed by atoms with Crippen LogP contribution < -0.4 is 10.6 Å².